The third kappa shape index (κ3) is 3.43. The highest BCUT2D eigenvalue weighted by molar-refractivity contribution is 6.22. The van der Waals surface area contributed by atoms with E-state index in [-0.39, 0.29) is 29.6 Å². The summed E-state index contributed by atoms with van der Waals surface area (Å²) < 4.78 is 0. The zero-order valence-corrected chi connectivity index (χ0v) is 19.1. The molecule has 3 heteroatoms. The Labute approximate surface area is 200 Å². The molecule has 3 aromatic rings. The number of amides is 2. The topological polar surface area (TPSA) is 37.4 Å². The third-order valence-electron chi connectivity index (χ3n) is 7.62. The van der Waals surface area contributed by atoms with Crippen LogP contribution in [0.5, 0.6) is 0 Å². The average molecular weight is 446 g/mol. The van der Waals surface area contributed by atoms with Gasteiger partial charge in [0.1, 0.15) is 0 Å². The normalized spacial score (nSPS) is 25.5. The lowest BCUT2D eigenvalue weighted by Crippen LogP contribution is -2.33. The van der Waals surface area contributed by atoms with Crippen LogP contribution in [0.25, 0.3) is 6.08 Å². The first-order valence-electron chi connectivity index (χ1n) is 12.2. The Balaban J connectivity index is 1.49. The summed E-state index contributed by atoms with van der Waals surface area (Å²) in [5.41, 5.74) is 6.99. The minimum Gasteiger partial charge on any atom is -0.274 e. The summed E-state index contributed by atoms with van der Waals surface area (Å²) in [6.45, 7) is 0. The molecule has 1 saturated heterocycles. The van der Waals surface area contributed by atoms with E-state index in [1.54, 1.807) is 0 Å². The number of nitrogens with zero attached hydrogens (tertiary/aromatic N) is 1. The van der Waals surface area contributed by atoms with E-state index in [4.69, 9.17) is 0 Å². The van der Waals surface area contributed by atoms with Gasteiger partial charge in [0.15, 0.2) is 0 Å². The molecule has 6 rings (SSSR count). The molecule has 0 bridgehead atoms. The molecule has 0 saturated carbocycles. The molecule has 0 N–H and O–H groups in total. The van der Waals surface area contributed by atoms with Crippen LogP contribution in [0.15, 0.2) is 108 Å². The van der Waals surface area contributed by atoms with E-state index >= 15 is 0 Å². The summed E-state index contributed by atoms with van der Waals surface area (Å²) in [6, 6.07) is 30.1. The summed E-state index contributed by atoms with van der Waals surface area (Å²) in [5.74, 6) is -0.836. The Hall–Kier alpha value is -3.72. The van der Waals surface area contributed by atoms with Crippen LogP contribution < -0.4 is 4.90 Å². The molecular weight excluding hydrogens is 418 g/mol. The highest BCUT2D eigenvalue weighted by Crippen LogP contribution is 2.54. The predicted molar refractivity (Wildman–Crippen MR) is 135 cm³/mol. The van der Waals surface area contributed by atoms with E-state index < -0.39 is 0 Å². The van der Waals surface area contributed by atoms with Gasteiger partial charge in [0.05, 0.1) is 17.5 Å². The van der Waals surface area contributed by atoms with Gasteiger partial charge in [-0.2, -0.15) is 0 Å². The Morgan fingerprint density at radius 3 is 2.09 bits per heavy atom. The fourth-order valence-electron chi connectivity index (χ4n) is 6.17. The molecule has 3 unspecified atom stereocenters. The number of benzene rings is 3. The first kappa shape index (κ1) is 20.9. The first-order valence-corrected chi connectivity index (χ1v) is 12.2. The summed E-state index contributed by atoms with van der Waals surface area (Å²) >= 11 is 0. The smallest absolute Gasteiger partial charge is 0.238 e. The van der Waals surface area contributed by atoms with E-state index in [2.05, 4.69) is 42.5 Å². The Bertz CT molecular complexity index is 1290. The number of carbonyl (C=O) groups excluding carboxylic acids is 2. The standard InChI is InChI=1S/C31H27NO2/c33-30-27-20-26-23(19-21-11-4-1-5-12-21)15-10-18-25(26)28(22-13-6-2-7-14-22)29(27)31(34)32(30)24-16-8-3-9-17-24/h1-9,11-14,16-17,19,27-29H,10,15,18,20H2/b23-19-. The SMILES string of the molecule is O=C1C2CC3=C(CCC/C3=C/c3ccccc3)C(c3ccccc3)C2C(=O)N1c1ccccc1. The summed E-state index contributed by atoms with van der Waals surface area (Å²) in [7, 11) is 0. The molecule has 0 spiro atoms. The number of fused-ring (bicyclic) bond motifs is 1. The van der Waals surface area contributed by atoms with Gasteiger partial charge >= 0.3 is 0 Å². The van der Waals surface area contributed by atoms with Crippen LogP contribution in [0.4, 0.5) is 5.69 Å². The number of hydrogen-bond acceptors (Lipinski definition) is 2. The number of imide groups is 1. The van der Waals surface area contributed by atoms with Crippen LogP contribution in [-0.2, 0) is 9.59 Å². The highest BCUT2D eigenvalue weighted by Gasteiger charge is 2.55. The second-order valence-electron chi connectivity index (χ2n) is 9.51. The van der Waals surface area contributed by atoms with Crippen LogP contribution in [0.3, 0.4) is 0 Å². The molecule has 2 aliphatic carbocycles. The molecule has 3 aliphatic rings. The van der Waals surface area contributed by atoms with Crippen molar-refractivity contribution in [3.63, 3.8) is 0 Å². The molecule has 1 aliphatic heterocycles. The van der Waals surface area contributed by atoms with Crippen molar-refractivity contribution >= 4 is 23.6 Å². The van der Waals surface area contributed by atoms with Gasteiger partial charge in [0.25, 0.3) is 0 Å². The van der Waals surface area contributed by atoms with E-state index in [1.807, 2.05) is 54.6 Å². The number of hydrogen-bond donors (Lipinski definition) is 0. The maximum absolute atomic E-state index is 13.8. The third-order valence-corrected chi connectivity index (χ3v) is 7.62. The van der Waals surface area contributed by atoms with Crippen LogP contribution in [0.1, 0.15) is 42.7 Å². The van der Waals surface area contributed by atoms with Crippen LogP contribution in [0, 0.1) is 11.8 Å². The Kier molecular flexibility index (Phi) is 5.26. The van der Waals surface area contributed by atoms with E-state index in [0.29, 0.717) is 12.1 Å². The molecule has 0 aromatic heterocycles. The predicted octanol–water partition coefficient (Wildman–Crippen LogP) is 6.54. The van der Waals surface area contributed by atoms with E-state index in [9.17, 15) is 9.59 Å². The molecule has 1 heterocycles. The van der Waals surface area contributed by atoms with Crippen LogP contribution >= 0.6 is 0 Å². The number of anilines is 1. The largest absolute Gasteiger partial charge is 0.274 e. The van der Waals surface area contributed by atoms with Crippen molar-refractivity contribution in [3.05, 3.63) is 119 Å². The Morgan fingerprint density at radius 2 is 1.38 bits per heavy atom. The fourth-order valence-corrected chi connectivity index (χ4v) is 6.17. The zero-order valence-electron chi connectivity index (χ0n) is 19.1. The van der Waals surface area contributed by atoms with Gasteiger partial charge in [0, 0.05) is 5.92 Å². The lowest BCUT2D eigenvalue weighted by atomic mass is 9.63. The molecule has 34 heavy (non-hydrogen) atoms. The van der Waals surface area contributed by atoms with Crippen LogP contribution in [-0.4, -0.2) is 11.8 Å². The molecule has 168 valence electrons. The van der Waals surface area contributed by atoms with Crippen LogP contribution in [0.2, 0.25) is 0 Å². The maximum Gasteiger partial charge on any atom is 0.238 e. The Morgan fingerprint density at radius 1 is 0.735 bits per heavy atom. The number of carbonyl (C=O) groups is 2. The maximum atomic E-state index is 13.8. The second-order valence-corrected chi connectivity index (χ2v) is 9.51. The van der Waals surface area contributed by atoms with Gasteiger partial charge in [-0.25, -0.2) is 0 Å². The molecule has 1 fully saturated rings. The number of rotatable bonds is 3. The average Bonchev–Trinajstić information content (AvgIpc) is 3.14. The molecule has 0 radical (unpaired) electrons. The molecule has 3 nitrogen and oxygen atoms in total. The van der Waals surface area contributed by atoms with Crippen molar-refractivity contribution in [3.8, 4) is 0 Å². The molecule has 3 atom stereocenters. The highest BCUT2D eigenvalue weighted by atomic mass is 16.2. The molecule has 3 aromatic carbocycles. The van der Waals surface area contributed by atoms with Gasteiger partial charge < -0.3 is 0 Å². The molecular formula is C31H27NO2. The van der Waals surface area contributed by atoms with Gasteiger partial charge in [-0.3, -0.25) is 14.5 Å². The van der Waals surface area contributed by atoms with Crippen molar-refractivity contribution in [1.82, 2.24) is 0 Å². The monoisotopic (exact) mass is 445 g/mol. The van der Waals surface area contributed by atoms with Crippen molar-refractivity contribution in [1.29, 1.82) is 0 Å². The minimum absolute atomic E-state index is 0.0548. The number of allylic oxidation sites excluding steroid dienone is 3. The lowest BCUT2D eigenvalue weighted by molar-refractivity contribution is -0.122. The van der Waals surface area contributed by atoms with Crippen molar-refractivity contribution in [2.24, 2.45) is 11.8 Å². The minimum atomic E-state index is -0.343. The van der Waals surface area contributed by atoms with Gasteiger partial charge in [-0.1, -0.05) is 90.5 Å². The lowest BCUT2D eigenvalue weighted by Gasteiger charge is -2.39. The summed E-state index contributed by atoms with van der Waals surface area (Å²) in [6.07, 6.45) is 6.00. The van der Waals surface area contributed by atoms with Crippen molar-refractivity contribution in [2.75, 3.05) is 4.90 Å². The second kappa shape index (κ2) is 8.57. The quantitative estimate of drug-likeness (QED) is 0.429. The first-order chi connectivity index (χ1) is 16.7. The fraction of sp³-hybridized carbons (Fsp3) is 0.226. The van der Waals surface area contributed by atoms with Crippen molar-refractivity contribution in [2.45, 2.75) is 31.6 Å². The van der Waals surface area contributed by atoms with E-state index in [1.165, 1.54) is 27.2 Å². The summed E-state index contributed by atoms with van der Waals surface area (Å²) in [5, 5.41) is 0. The van der Waals surface area contributed by atoms with Crippen molar-refractivity contribution < 1.29 is 9.59 Å². The zero-order chi connectivity index (χ0) is 23.1. The van der Waals surface area contributed by atoms with Gasteiger partial charge in [-0.15, -0.1) is 0 Å². The molecule has 2 amide bonds. The van der Waals surface area contributed by atoms with Gasteiger partial charge in [0.2, 0.25) is 11.8 Å². The van der Waals surface area contributed by atoms with Gasteiger partial charge in [-0.05, 0) is 60.1 Å². The summed E-state index contributed by atoms with van der Waals surface area (Å²) in [4.78, 5) is 29.0. The van der Waals surface area contributed by atoms with E-state index in [0.717, 1.165) is 24.8 Å². The number of para-hydroxylation sites is 1.